The Labute approximate surface area is 158 Å². The summed E-state index contributed by atoms with van der Waals surface area (Å²) in [5, 5.41) is 3.03. The lowest BCUT2D eigenvalue weighted by Crippen LogP contribution is -2.37. The van der Waals surface area contributed by atoms with Gasteiger partial charge in [-0.05, 0) is 55.9 Å². The number of aryl methyl sites for hydroxylation is 1. The summed E-state index contributed by atoms with van der Waals surface area (Å²) in [4.78, 5) is 12.6. The Hall–Kier alpha value is -1.56. The van der Waals surface area contributed by atoms with E-state index in [1.165, 1.54) is 4.31 Å². The van der Waals surface area contributed by atoms with Gasteiger partial charge in [-0.1, -0.05) is 33.6 Å². The lowest BCUT2D eigenvalue weighted by atomic mass is 9.97. The zero-order chi connectivity index (χ0) is 19.2. The predicted molar refractivity (Wildman–Crippen MR) is 108 cm³/mol. The van der Waals surface area contributed by atoms with E-state index >= 15 is 0 Å². The van der Waals surface area contributed by atoms with E-state index in [2.05, 4.69) is 19.2 Å². The van der Waals surface area contributed by atoms with Crippen molar-refractivity contribution in [2.24, 2.45) is 5.92 Å². The quantitative estimate of drug-likeness (QED) is 0.693. The maximum atomic E-state index is 12.6. The van der Waals surface area contributed by atoms with Gasteiger partial charge < -0.3 is 5.32 Å². The molecule has 146 valence electrons. The number of hydrogen-bond donors (Lipinski definition) is 1. The molecule has 0 aromatic heterocycles. The molecule has 26 heavy (non-hydrogen) atoms. The fourth-order valence-corrected chi connectivity index (χ4v) is 5.27. The smallest absolute Gasteiger partial charge is 0.235 e. The second kappa shape index (κ2) is 9.40. The summed E-state index contributed by atoms with van der Waals surface area (Å²) in [5.41, 5.74) is 2.53. The minimum Gasteiger partial charge on any atom is -0.326 e. The molecule has 1 amide bonds. The number of hydrogen-bond acceptors (Lipinski definition) is 3. The van der Waals surface area contributed by atoms with Gasteiger partial charge in [-0.15, -0.1) is 0 Å². The Balaban J connectivity index is 2.19. The number of fused-ring (bicyclic) bond motifs is 1. The van der Waals surface area contributed by atoms with Crippen molar-refractivity contribution in [1.29, 1.82) is 0 Å². The Morgan fingerprint density at radius 1 is 1.15 bits per heavy atom. The maximum absolute atomic E-state index is 12.6. The van der Waals surface area contributed by atoms with Crippen molar-refractivity contribution in [1.82, 2.24) is 0 Å². The number of amides is 1. The van der Waals surface area contributed by atoms with Crippen molar-refractivity contribution < 1.29 is 13.2 Å². The van der Waals surface area contributed by atoms with Crippen LogP contribution in [-0.4, -0.2) is 26.6 Å². The van der Waals surface area contributed by atoms with E-state index in [0.717, 1.165) is 55.5 Å². The molecule has 1 aromatic rings. The molecule has 1 N–H and O–H groups in total. The van der Waals surface area contributed by atoms with Crippen LogP contribution in [0.5, 0.6) is 0 Å². The van der Waals surface area contributed by atoms with E-state index in [9.17, 15) is 13.2 Å². The van der Waals surface area contributed by atoms with E-state index in [4.69, 9.17) is 0 Å². The third kappa shape index (κ3) is 5.00. The average molecular weight is 381 g/mol. The molecule has 0 bridgehead atoms. The number of anilines is 2. The van der Waals surface area contributed by atoms with E-state index in [0.29, 0.717) is 13.0 Å². The molecule has 0 fully saturated rings. The standard InChI is InChI=1S/C20H32N2O3S/c1-4-8-16(9-5-2)20(23)21-18-11-12-19-17(15-18)10-7-13-22(19)26(24,25)14-6-3/h11-12,15-16H,4-10,13-14H2,1-3H3,(H,21,23). The van der Waals surface area contributed by atoms with Crippen molar-refractivity contribution >= 4 is 27.3 Å². The minimum atomic E-state index is -3.26. The maximum Gasteiger partial charge on any atom is 0.235 e. The van der Waals surface area contributed by atoms with Crippen LogP contribution in [0.2, 0.25) is 0 Å². The van der Waals surface area contributed by atoms with Gasteiger partial charge in [0.2, 0.25) is 15.9 Å². The van der Waals surface area contributed by atoms with Crippen molar-refractivity contribution in [2.75, 3.05) is 21.9 Å². The molecule has 0 atom stereocenters. The van der Waals surface area contributed by atoms with Crippen LogP contribution in [-0.2, 0) is 21.2 Å². The van der Waals surface area contributed by atoms with Crippen molar-refractivity contribution in [3.63, 3.8) is 0 Å². The normalized spacial score (nSPS) is 14.4. The van der Waals surface area contributed by atoms with E-state index < -0.39 is 10.0 Å². The number of carbonyl (C=O) groups excluding carboxylic acids is 1. The number of benzene rings is 1. The fourth-order valence-electron chi connectivity index (χ4n) is 3.65. The van der Waals surface area contributed by atoms with Gasteiger partial charge in [0.15, 0.2) is 0 Å². The molecule has 1 aliphatic rings. The SMILES string of the molecule is CCCC(CCC)C(=O)Nc1ccc2c(c1)CCCN2S(=O)(=O)CCC. The third-order valence-electron chi connectivity index (χ3n) is 4.87. The van der Waals surface area contributed by atoms with Gasteiger partial charge in [0.25, 0.3) is 0 Å². The first-order chi connectivity index (χ1) is 12.4. The zero-order valence-electron chi connectivity index (χ0n) is 16.3. The van der Waals surface area contributed by atoms with Gasteiger partial charge in [0.1, 0.15) is 0 Å². The Kier molecular flexibility index (Phi) is 7.50. The van der Waals surface area contributed by atoms with Crippen LogP contribution in [0.4, 0.5) is 11.4 Å². The number of carbonyl (C=O) groups is 1. The summed E-state index contributed by atoms with van der Waals surface area (Å²) < 4.78 is 26.5. The third-order valence-corrected chi connectivity index (χ3v) is 6.84. The van der Waals surface area contributed by atoms with Crippen LogP contribution in [0.25, 0.3) is 0 Å². The van der Waals surface area contributed by atoms with E-state index in [1.54, 1.807) is 0 Å². The van der Waals surface area contributed by atoms with Gasteiger partial charge in [-0.3, -0.25) is 9.10 Å². The van der Waals surface area contributed by atoms with Crippen LogP contribution in [0, 0.1) is 5.92 Å². The second-order valence-corrected chi connectivity index (χ2v) is 9.11. The van der Waals surface area contributed by atoms with Gasteiger partial charge in [-0.2, -0.15) is 0 Å². The van der Waals surface area contributed by atoms with Crippen molar-refractivity contribution in [2.45, 2.75) is 65.7 Å². The van der Waals surface area contributed by atoms with Crippen LogP contribution >= 0.6 is 0 Å². The second-order valence-electron chi connectivity index (χ2n) is 7.10. The highest BCUT2D eigenvalue weighted by molar-refractivity contribution is 7.92. The fraction of sp³-hybridized carbons (Fsp3) is 0.650. The summed E-state index contributed by atoms with van der Waals surface area (Å²) in [6, 6.07) is 5.60. The van der Waals surface area contributed by atoms with Crippen LogP contribution in [0.3, 0.4) is 0 Å². The highest BCUT2D eigenvalue weighted by Gasteiger charge is 2.27. The molecule has 0 saturated heterocycles. The largest absolute Gasteiger partial charge is 0.326 e. The average Bonchev–Trinajstić information content (AvgIpc) is 2.60. The van der Waals surface area contributed by atoms with E-state index in [1.807, 2.05) is 25.1 Å². The summed E-state index contributed by atoms with van der Waals surface area (Å²) >= 11 is 0. The lowest BCUT2D eigenvalue weighted by Gasteiger charge is -2.31. The molecule has 0 saturated carbocycles. The number of nitrogens with zero attached hydrogens (tertiary/aromatic N) is 1. The molecule has 1 heterocycles. The highest BCUT2D eigenvalue weighted by Crippen LogP contribution is 2.32. The minimum absolute atomic E-state index is 0.0439. The number of nitrogens with one attached hydrogen (secondary N) is 1. The summed E-state index contributed by atoms with van der Waals surface area (Å²) in [6.07, 6.45) is 6.03. The first kappa shape index (κ1) is 20.7. The van der Waals surface area contributed by atoms with Crippen molar-refractivity contribution in [3.8, 4) is 0 Å². The molecule has 0 spiro atoms. The van der Waals surface area contributed by atoms with E-state index in [-0.39, 0.29) is 17.6 Å². The molecule has 5 nitrogen and oxygen atoms in total. The Morgan fingerprint density at radius 2 is 1.85 bits per heavy atom. The van der Waals surface area contributed by atoms with Crippen molar-refractivity contribution in [3.05, 3.63) is 23.8 Å². The molecule has 1 aromatic carbocycles. The predicted octanol–water partition coefficient (Wildman–Crippen LogP) is 4.33. The number of rotatable bonds is 9. The molecule has 2 rings (SSSR count). The summed E-state index contributed by atoms with van der Waals surface area (Å²) in [6.45, 7) is 6.61. The topological polar surface area (TPSA) is 66.5 Å². The van der Waals surface area contributed by atoms with Gasteiger partial charge in [-0.25, -0.2) is 8.42 Å². The van der Waals surface area contributed by atoms with Crippen LogP contribution < -0.4 is 9.62 Å². The summed E-state index contributed by atoms with van der Waals surface area (Å²) in [5.74, 6) is 0.281. The molecular formula is C20H32N2O3S. The van der Waals surface area contributed by atoms with Gasteiger partial charge in [0.05, 0.1) is 11.4 Å². The molecule has 0 radical (unpaired) electrons. The first-order valence-electron chi connectivity index (χ1n) is 9.87. The van der Waals surface area contributed by atoms with Crippen LogP contribution in [0.15, 0.2) is 18.2 Å². The molecular weight excluding hydrogens is 348 g/mol. The molecule has 1 aliphatic heterocycles. The monoisotopic (exact) mass is 380 g/mol. The molecule has 0 aliphatic carbocycles. The summed E-state index contributed by atoms with van der Waals surface area (Å²) in [7, 11) is -3.26. The van der Waals surface area contributed by atoms with Gasteiger partial charge >= 0.3 is 0 Å². The zero-order valence-corrected chi connectivity index (χ0v) is 17.1. The number of sulfonamides is 1. The lowest BCUT2D eigenvalue weighted by molar-refractivity contribution is -0.120. The highest BCUT2D eigenvalue weighted by atomic mass is 32.2. The first-order valence-corrected chi connectivity index (χ1v) is 11.5. The van der Waals surface area contributed by atoms with Gasteiger partial charge in [0, 0.05) is 18.2 Å². The van der Waals surface area contributed by atoms with Crippen LogP contribution in [0.1, 0.15) is 64.9 Å². The molecule has 0 unspecified atom stereocenters. The Morgan fingerprint density at radius 3 is 2.46 bits per heavy atom. The Bertz CT molecular complexity index is 710. The molecule has 6 heteroatoms.